The second kappa shape index (κ2) is 18.9. The molecule has 0 radical (unpaired) electrons. The molecule has 56 heavy (non-hydrogen) atoms. The van der Waals surface area contributed by atoms with Crippen LogP contribution in [-0.2, 0) is 46.4 Å². The minimum Gasteiger partial charge on any atom is -0.394 e. The fourth-order valence-corrected chi connectivity index (χ4v) is 7.16. The summed E-state index contributed by atoms with van der Waals surface area (Å²) in [5, 5.41) is 26.6. The number of para-hydroxylation sites is 1. The number of amides is 7. The van der Waals surface area contributed by atoms with Crippen molar-refractivity contribution in [1.82, 2.24) is 51.8 Å². The molecule has 0 aliphatic carbocycles. The Balaban J connectivity index is 1.50. The number of rotatable bonds is 8. The van der Waals surface area contributed by atoms with Gasteiger partial charge in [-0.25, -0.2) is 4.98 Å². The van der Waals surface area contributed by atoms with Gasteiger partial charge in [0.25, 0.3) is 0 Å². The van der Waals surface area contributed by atoms with E-state index in [1.807, 2.05) is 38.1 Å². The molecule has 5 rings (SSSR count). The van der Waals surface area contributed by atoms with Crippen LogP contribution >= 0.6 is 12.6 Å². The molecule has 3 aromatic rings. The third-order valence-electron chi connectivity index (χ3n) is 9.89. The molecule has 1 aromatic carbocycles. The van der Waals surface area contributed by atoms with Gasteiger partial charge in [0.05, 0.1) is 12.9 Å². The van der Waals surface area contributed by atoms with Crippen LogP contribution in [0.1, 0.15) is 51.3 Å². The standard InChI is InChI=1S/C37H50N10O8S/c1-19(2)11-27-37(55)47-10-6-9-30(47)36(54)43-25(12-21-14-39-24-8-5-4-7-23(21)24)32(50)41-20(3)31(49)45-28(16-48)34(52)46-29(17-56)35(53)42-26(33(51)44-27)13-22-15-38-18-40-22/h4-5,7-8,14-15,18-20,25-30,39,48,56H,6,9-13,16-17H2,1-3H3,(H,38,40)(H,41,50)(H,42,53)(H,43,54)(H,44,51)(H,45,49)(H,46,52)/t20-,25-,26-,27-,28-,29-,30+/m0/s1. The molecule has 7 amide bonds. The van der Waals surface area contributed by atoms with Crippen LogP contribution in [0.5, 0.6) is 0 Å². The molecule has 7 atom stereocenters. The summed E-state index contributed by atoms with van der Waals surface area (Å²) in [5.41, 5.74) is 2.02. The predicted molar refractivity (Wildman–Crippen MR) is 207 cm³/mol. The highest BCUT2D eigenvalue weighted by Crippen LogP contribution is 2.23. The number of thiol groups is 1. The number of nitrogens with one attached hydrogen (secondary N) is 8. The van der Waals surface area contributed by atoms with E-state index in [0.29, 0.717) is 24.1 Å². The molecule has 0 unspecified atom stereocenters. The molecule has 19 heteroatoms. The van der Waals surface area contributed by atoms with Gasteiger partial charge in [0.15, 0.2) is 0 Å². The van der Waals surface area contributed by atoms with Crippen molar-refractivity contribution >= 4 is 64.9 Å². The molecule has 4 heterocycles. The average Bonchev–Trinajstić information content (AvgIpc) is 3.96. The lowest BCUT2D eigenvalue weighted by Gasteiger charge is -2.31. The Bertz CT molecular complexity index is 1900. The molecular weight excluding hydrogens is 745 g/mol. The first-order valence-corrected chi connectivity index (χ1v) is 19.3. The lowest BCUT2D eigenvalue weighted by atomic mass is 10.0. The van der Waals surface area contributed by atoms with E-state index in [2.05, 4.69) is 59.5 Å². The predicted octanol–water partition coefficient (Wildman–Crippen LogP) is -1.42. The number of fused-ring (bicyclic) bond motifs is 2. The number of benzene rings is 1. The molecule has 2 fully saturated rings. The SMILES string of the molecule is CC(C)C[C@@H]1NC(=O)[C@H](Cc2cnc[nH]2)NC(=O)[C@H](CS)NC(=O)[C@H](CO)NC(=O)[C@H](C)NC(=O)[C@H](Cc2c[nH]c3ccccc23)NC(=O)[C@H]2CCCN2C1=O. The summed E-state index contributed by atoms with van der Waals surface area (Å²) < 4.78 is 0. The topological polar surface area (TPSA) is 260 Å². The number of aromatic nitrogens is 3. The summed E-state index contributed by atoms with van der Waals surface area (Å²) in [5.74, 6) is -5.35. The van der Waals surface area contributed by atoms with Crippen LogP contribution in [0.3, 0.4) is 0 Å². The van der Waals surface area contributed by atoms with E-state index in [4.69, 9.17) is 0 Å². The maximum atomic E-state index is 14.3. The van der Waals surface area contributed by atoms with Crippen molar-refractivity contribution in [3.05, 3.63) is 54.2 Å². The van der Waals surface area contributed by atoms with Gasteiger partial charge in [-0.1, -0.05) is 32.0 Å². The van der Waals surface area contributed by atoms with E-state index >= 15 is 0 Å². The zero-order valence-electron chi connectivity index (χ0n) is 31.5. The third kappa shape index (κ3) is 10.2. The van der Waals surface area contributed by atoms with Crippen LogP contribution in [-0.4, -0.2) is 128 Å². The Morgan fingerprint density at radius 2 is 1.41 bits per heavy atom. The number of aromatic amines is 2. The second-order valence-corrected chi connectivity index (χ2v) is 14.9. The van der Waals surface area contributed by atoms with Crippen LogP contribution in [0.15, 0.2) is 43.0 Å². The van der Waals surface area contributed by atoms with Gasteiger partial charge in [-0.2, -0.15) is 12.6 Å². The minimum atomic E-state index is -1.53. The molecule has 0 bridgehead atoms. The Kier molecular flexibility index (Phi) is 14.1. The van der Waals surface area contributed by atoms with E-state index < -0.39 is 90.3 Å². The Morgan fingerprint density at radius 1 is 0.786 bits per heavy atom. The fraction of sp³-hybridized carbons (Fsp3) is 0.514. The quantitative estimate of drug-likeness (QED) is 0.120. The van der Waals surface area contributed by atoms with Crippen molar-refractivity contribution in [3.63, 3.8) is 0 Å². The minimum absolute atomic E-state index is 0.0220. The van der Waals surface area contributed by atoms with Crippen LogP contribution in [0, 0.1) is 5.92 Å². The van der Waals surface area contributed by atoms with Gasteiger partial charge >= 0.3 is 0 Å². The molecule has 2 aromatic heterocycles. The summed E-state index contributed by atoms with van der Waals surface area (Å²) in [6, 6.07) is -1.18. The van der Waals surface area contributed by atoms with Crippen LogP contribution in [0.25, 0.3) is 10.9 Å². The lowest BCUT2D eigenvalue weighted by Crippen LogP contribution is -2.60. The van der Waals surface area contributed by atoms with Crippen molar-refractivity contribution in [1.29, 1.82) is 0 Å². The first-order chi connectivity index (χ1) is 26.8. The number of carbonyl (C=O) groups is 7. The van der Waals surface area contributed by atoms with Gasteiger partial charge in [-0.05, 0) is 43.7 Å². The molecule has 302 valence electrons. The molecular formula is C37H50N10O8S. The number of carbonyl (C=O) groups excluding carboxylic acids is 7. The third-order valence-corrected chi connectivity index (χ3v) is 10.3. The maximum absolute atomic E-state index is 14.3. The molecule has 2 saturated heterocycles. The highest BCUT2D eigenvalue weighted by Gasteiger charge is 2.40. The van der Waals surface area contributed by atoms with Crippen molar-refractivity contribution < 1.29 is 38.7 Å². The van der Waals surface area contributed by atoms with E-state index in [-0.39, 0.29) is 37.5 Å². The maximum Gasteiger partial charge on any atom is 0.245 e. The van der Waals surface area contributed by atoms with Crippen molar-refractivity contribution in [2.75, 3.05) is 18.9 Å². The molecule has 2 aliphatic rings. The number of hydrogen-bond acceptors (Lipinski definition) is 10. The van der Waals surface area contributed by atoms with Crippen LogP contribution in [0.4, 0.5) is 0 Å². The molecule has 18 nitrogen and oxygen atoms in total. The number of aliphatic hydroxyl groups is 1. The van der Waals surface area contributed by atoms with Crippen molar-refractivity contribution in [2.24, 2.45) is 5.92 Å². The number of imidazole rings is 1. The Morgan fingerprint density at radius 3 is 2.11 bits per heavy atom. The number of aliphatic hydroxyl groups excluding tert-OH is 1. The summed E-state index contributed by atoms with van der Waals surface area (Å²) in [4.78, 5) is 108. The number of hydrogen-bond donors (Lipinski definition) is 10. The highest BCUT2D eigenvalue weighted by atomic mass is 32.1. The van der Waals surface area contributed by atoms with Crippen LogP contribution in [0.2, 0.25) is 0 Å². The monoisotopic (exact) mass is 794 g/mol. The van der Waals surface area contributed by atoms with Crippen molar-refractivity contribution in [2.45, 2.75) is 95.2 Å². The summed E-state index contributed by atoms with van der Waals surface area (Å²) >= 11 is 4.22. The lowest BCUT2D eigenvalue weighted by molar-refractivity contribution is -0.143. The van der Waals surface area contributed by atoms with E-state index in [0.717, 1.165) is 10.9 Å². The van der Waals surface area contributed by atoms with E-state index in [9.17, 15) is 38.7 Å². The molecule has 9 N–H and O–H groups in total. The van der Waals surface area contributed by atoms with E-state index in [1.165, 1.54) is 24.3 Å². The smallest absolute Gasteiger partial charge is 0.245 e. The average molecular weight is 795 g/mol. The van der Waals surface area contributed by atoms with Gasteiger partial charge < -0.3 is 51.9 Å². The van der Waals surface area contributed by atoms with Gasteiger partial charge in [0, 0.05) is 54.1 Å². The summed E-state index contributed by atoms with van der Waals surface area (Å²) in [7, 11) is 0. The zero-order chi connectivity index (χ0) is 40.5. The highest BCUT2D eigenvalue weighted by molar-refractivity contribution is 7.80. The number of H-pyrrole nitrogens is 2. The zero-order valence-corrected chi connectivity index (χ0v) is 32.4. The summed E-state index contributed by atoms with van der Waals surface area (Å²) in [6.07, 6.45) is 5.57. The fourth-order valence-electron chi connectivity index (χ4n) is 6.90. The molecule has 0 saturated carbocycles. The number of nitrogens with zero attached hydrogens (tertiary/aromatic N) is 2. The Labute approximate surface area is 328 Å². The first-order valence-electron chi connectivity index (χ1n) is 18.7. The summed E-state index contributed by atoms with van der Waals surface area (Å²) in [6.45, 7) is 4.50. The van der Waals surface area contributed by atoms with Gasteiger partial charge in [-0.15, -0.1) is 0 Å². The molecule has 0 spiro atoms. The second-order valence-electron chi connectivity index (χ2n) is 14.6. The van der Waals surface area contributed by atoms with Gasteiger partial charge in [0.1, 0.15) is 42.3 Å². The van der Waals surface area contributed by atoms with Gasteiger partial charge in [0.2, 0.25) is 41.4 Å². The van der Waals surface area contributed by atoms with Gasteiger partial charge in [-0.3, -0.25) is 33.6 Å². The normalized spacial score (nSPS) is 26.4. The van der Waals surface area contributed by atoms with E-state index in [1.54, 1.807) is 6.20 Å². The Hall–Kier alpha value is -5.43. The largest absolute Gasteiger partial charge is 0.394 e. The van der Waals surface area contributed by atoms with Crippen molar-refractivity contribution in [3.8, 4) is 0 Å². The first kappa shape index (κ1) is 41.7. The molecule has 2 aliphatic heterocycles. The van der Waals surface area contributed by atoms with Crippen LogP contribution < -0.4 is 31.9 Å².